The zero-order chi connectivity index (χ0) is 27.3. The second-order valence-corrected chi connectivity index (χ2v) is 9.55. The third kappa shape index (κ3) is 5.82. The lowest BCUT2D eigenvalue weighted by Gasteiger charge is -2.09. The minimum atomic E-state index is 0.679. The lowest BCUT2D eigenvalue weighted by atomic mass is 9.98. The van der Waals surface area contributed by atoms with Crippen LogP contribution in [0.4, 0.5) is 11.4 Å². The molecule has 0 saturated carbocycles. The maximum Gasteiger partial charge on any atom is 0.129 e. The lowest BCUT2D eigenvalue weighted by Crippen LogP contribution is -1.88. The van der Waals surface area contributed by atoms with Gasteiger partial charge in [0, 0.05) is 23.5 Å². The Bertz CT molecular complexity index is 1590. The predicted octanol–water partition coefficient (Wildman–Crippen LogP) is 9.44. The molecule has 0 saturated heterocycles. The summed E-state index contributed by atoms with van der Waals surface area (Å²) in [7, 11) is 0. The van der Waals surface area contributed by atoms with Crippen molar-refractivity contribution in [2.24, 2.45) is 0 Å². The summed E-state index contributed by atoms with van der Waals surface area (Å²) in [6.45, 7) is 0. The Labute approximate surface area is 234 Å². The molecule has 0 radical (unpaired) electrons. The van der Waals surface area contributed by atoms with E-state index in [2.05, 4.69) is 72.8 Å². The second-order valence-electron chi connectivity index (χ2n) is 9.55. The fourth-order valence-electron chi connectivity index (χ4n) is 4.57. The molecule has 40 heavy (non-hydrogen) atoms. The van der Waals surface area contributed by atoms with E-state index < -0.39 is 0 Å². The van der Waals surface area contributed by atoms with Gasteiger partial charge in [0.1, 0.15) is 23.0 Å². The molecule has 6 aromatic carbocycles. The van der Waals surface area contributed by atoms with Gasteiger partial charge in [-0.1, -0.05) is 84.9 Å². The van der Waals surface area contributed by atoms with Gasteiger partial charge in [0.05, 0.1) is 0 Å². The quantitative estimate of drug-likeness (QED) is 0.206. The van der Waals surface area contributed by atoms with Crippen molar-refractivity contribution in [3.05, 3.63) is 146 Å². The minimum Gasteiger partial charge on any atom is -0.457 e. The van der Waals surface area contributed by atoms with Gasteiger partial charge < -0.3 is 20.9 Å². The van der Waals surface area contributed by atoms with Crippen LogP contribution in [0.25, 0.3) is 33.4 Å². The number of nitrogens with two attached hydrogens (primary N) is 2. The van der Waals surface area contributed by atoms with Crippen molar-refractivity contribution in [1.29, 1.82) is 0 Å². The summed E-state index contributed by atoms with van der Waals surface area (Å²) in [5.41, 5.74) is 19.9. The Kier molecular flexibility index (Phi) is 6.89. The van der Waals surface area contributed by atoms with Crippen LogP contribution in [-0.4, -0.2) is 0 Å². The predicted molar refractivity (Wildman–Crippen MR) is 165 cm³/mol. The summed E-state index contributed by atoms with van der Waals surface area (Å²) in [4.78, 5) is 0. The zero-order valence-electron chi connectivity index (χ0n) is 21.8. The standard InChI is InChI=1S/C36H28N2O2/c37-31-3-1-5-35(23-31)39-33-19-15-29(16-20-33)27-11-7-25(8-12-27)26-9-13-28(14-10-26)30-17-21-34(22-18-30)40-36-6-2-4-32(38)24-36/h1-24H,37-38H2. The van der Waals surface area contributed by atoms with Crippen molar-refractivity contribution in [1.82, 2.24) is 0 Å². The van der Waals surface area contributed by atoms with Gasteiger partial charge >= 0.3 is 0 Å². The van der Waals surface area contributed by atoms with E-state index in [0.29, 0.717) is 11.4 Å². The molecule has 6 rings (SSSR count). The molecule has 0 amide bonds. The van der Waals surface area contributed by atoms with Crippen molar-refractivity contribution in [2.75, 3.05) is 11.5 Å². The molecule has 4 heteroatoms. The molecule has 0 aliphatic carbocycles. The van der Waals surface area contributed by atoms with E-state index in [1.165, 1.54) is 11.1 Å². The molecular weight excluding hydrogens is 492 g/mol. The Morgan fingerprint density at radius 3 is 0.850 bits per heavy atom. The average molecular weight is 521 g/mol. The topological polar surface area (TPSA) is 70.5 Å². The molecule has 0 spiro atoms. The first-order valence-corrected chi connectivity index (χ1v) is 13.1. The van der Waals surface area contributed by atoms with E-state index in [9.17, 15) is 0 Å². The van der Waals surface area contributed by atoms with Gasteiger partial charge in [-0.3, -0.25) is 0 Å². The lowest BCUT2D eigenvalue weighted by molar-refractivity contribution is 0.483. The molecule has 0 aliphatic rings. The smallest absolute Gasteiger partial charge is 0.129 e. The molecule has 4 nitrogen and oxygen atoms in total. The molecule has 194 valence electrons. The van der Waals surface area contributed by atoms with E-state index in [1.807, 2.05) is 72.8 Å². The maximum absolute atomic E-state index is 5.91. The first kappa shape index (κ1) is 24.8. The van der Waals surface area contributed by atoms with Crippen LogP contribution in [0.15, 0.2) is 146 Å². The first-order valence-electron chi connectivity index (χ1n) is 13.1. The molecule has 6 aromatic rings. The van der Waals surface area contributed by atoms with Crippen LogP contribution in [-0.2, 0) is 0 Å². The molecular formula is C36H28N2O2. The largest absolute Gasteiger partial charge is 0.457 e. The number of benzene rings is 6. The van der Waals surface area contributed by atoms with Crippen molar-refractivity contribution in [2.45, 2.75) is 0 Å². The third-order valence-corrected chi connectivity index (χ3v) is 6.67. The van der Waals surface area contributed by atoms with E-state index in [0.717, 1.165) is 45.3 Å². The van der Waals surface area contributed by atoms with Gasteiger partial charge in [-0.05, 0) is 81.9 Å². The van der Waals surface area contributed by atoms with Crippen molar-refractivity contribution in [3.8, 4) is 56.4 Å². The van der Waals surface area contributed by atoms with Crippen LogP contribution in [0.3, 0.4) is 0 Å². The van der Waals surface area contributed by atoms with Crippen LogP contribution >= 0.6 is 0 Å². The fourth-order valence-corrected chi connectivity index (χ4v) is 4.57. The van der Waals surface area contributed by atoms with Crippen LogP contribution in [0.5, 0.6) is 23.0 Å². The van der Waals surface area contributed by atoms with Gasteiger partial charge in [-0.25, -0.2) is 0 Å². The fraction of sp³-hybridized carbons (Fsp3) is 0. The van der Waals surface area contributed by atoms with Crippen LogP contribution < -0.4 is 20.9 Å². The maximum atomic E-state index is 5.91. The van der Waals surface area contributed by atoms with Crippen LogP contribution in [0, 0.1) is 0 Å². The number of nitrogen functional groups attached to an aromatic ring is 2. The number of hydrogen-bond acceptors (Lipinski definition) is 4. The number of rotatable bonds is 7. The monoisotopic (exact) mass is 520 g/mol. The highest BCUT2D eigenvalue weighted by molar-refractivity contribution is 5.73. The second kappa shape index (κ2) is 11.1. The Hall–Kier alpha value is -5.48. The minimum absolute atomic E-state index is 0.679. The third-order valence-electron chi connectivity index (χ3n) is 6.67. The highest BCUT2D eigenvalue weighted by Crippen LogP contribution is 2.31. The highest BCUT2D eigenvalue weighted by atomic mass is 16.5. The van der Waals surface area contributed by atoms with E-state index in [4.69, 9.17) is 20.9 Å². The normalized spacial score (nSPS) is 10.7. The van der Waals surface area contributed by atoms with E-state index in [1.54, 1.807) is 0 Å². The Morgan fingerprint density at radius 1 is 0.300 bits per heavy atom. The van der Waals surface area contributed by atoms with E-state index >= 15 is 0 Å². The van der Waals surface area contributed by atoms with Gasteiger partial charge in [0.25, 0.3) is 0 Å². The summed E-state index contributed by atoms with van der Waals surface area (Å²) in [6.07, 6.45) is 0. The van der Waals surface area contributed by atoms with E-state index in [-0.39, 0.29) is 0 Å². The molecule has 0 aromatic heterocycles. The summed E-state index contributed by atoms with van der Waals surface area (Å²) in [5.74, 6) is 3.00. The van der Waals surface area contributed by atoms with Gasteiger partial charge in [-0.15, -0.1) is 0 Å². The highest BCUT2D eigenvalue weighted by Gasteiger charge is 2.05. The molecule has 0 atom stereocenters. The van der Waals surface area contributed by atoms with Crippen molar-refractivity contribution >= 4 is 11.4 Å². The SMILES string of the molecule is Nc1cccc(Oc2ccc(-c3ccc(-c4ccc(-c5ccc(Oc6cccc(N)c6)cc5)cc4)cc3)cc2)c1. The number of hydrogen-bond donors (Lipinski definition) is 2. The Morgan fingerprint density at radius 2 is 0.575 bits per heavy atom. The summed E-state index contributed by atoms with van der Waals surface area (Å²) >= 11 is 0. The summed E-state index contributed by atoms with van der Waals surface area (Å²) < 4.78 is 11.8. The molecule has 0 fully saturated rings. The first-order chi connectivity index (χ1) is 19.6. The van der Waals surface area contributed by atoms with Gasteiger partial charge in [0.2, 0.25) is 0 Å². The molecule has 0 unspecified atom stereocenters. The molecule has 0 aliphatic heterocycles. The number of anilines is 2. The summed E-state index contributed by atoms with van der Waals surface area (Å²) in [5, 5.41) is 0. The zero-order valence-corrected chi connectivity index (χ0v) is 21.8. The summed E-state index contributed by atoms with van der Waals surface area (Å²) in [6, 6.07) is 48.2. The van der Waals surface area contributed by atoms with Crippen LogP contribution in [0.2, 0.25) is 0 Å². The van der Waals surface area contributed by atoms with Gasteiger partial charge in [-0.2, -0.15) is 0 Å². The molecule has 4 N–H and O–H groups in total. The van der Waals surface area contributed by atoms with Crippen molar-refractivity contribution in [3.63, 3.8) is 0 Å². The van der Waals surface area contributed by atoms with Gasteiger partial charge in [0.15, 0.2) is 0 Å². The average Bonchev–Trinajstić information content (AvgIpc) is 2.98. The number of ether oxygens (including phenoxy) is 2. The molecule has 0 heterocycles. The molecule has 0 bridgehead atoms. The van der Waals surface area contributed by atoms with Crippen LogP contribution in [0.1, 0.15) is 0 Å². The van der Waals surface area contributed by atoms with Crippen molar-refractivity contribution < 1.29 is 9.47 Å². The Balaban J connectivity index is 1.11.